The molecule has 0 saturated carbocycles. The highest BCUT2D eigenvalue weighted by atomic mass is 32.2. The minimum absolute atomic E-state index is 0.00287. The molecule has 3 nitrogen and oxygen atoms in total. The summed E-state index contributed by atoms with van der Waals surface area (Å²) in [6.07, 6.45) is 2.29. The van der Waals surface area contributed by atoms with E-state index in [9.17, 15) is 9.18 Å². The van der Waals surface area contributed by atoms with E-state index in [1.165, 1.54) is 18.2 Å². The number of carbonyl (C=O) groups excluding carboxylic acids is 1. The zero-order chi connectivity index (χ0) is 14.1. The third-order valence-electron chi connectivity index (χ3n) is 2.27. The third-order valence-corrected chi connectivity index (χ3v) is 2.88. The van der Waals surface area contributed by atoms with Crippen molar-refractivity contribution in [3.05, 3.63) is 35.1 Å². The van der Waals surface area contributed by atoms with Crippen LogP contribution < -0.4 is 5.32 Å². The van der Waals surface area contributed by atoms with Crippen molar-refractivity contribution in [3.63, 3.8) is 0 Å². The highest BCUT2D eigenvalue weighted by Gasteiger charge is 2.11. The van der Waals surface area contributed by atoms with E-state index in [1.54, 1.807) is 11.8 Å². The predicted octanol–water partition coefficient (Wildman–Crippen LogP) is 1.65. The van der Waals surface area contributed by atoms with E-state index in [0.717, 1.165) is 5.75 Å². The minimum Gasteiger partial charge on any atom is -0.395 e. The van der Waals surface area contributed by atoms with E-state index >= 15 is 0 Å². The Kier molecular flexibility index (Phi) is 7.01. The van der Waals surface area contributed by atoms with Gasteiger partial charge < -0.3 is 10.4 Å². The van der Waals surface area contributed by atoms with Gasteiger partial charge in [-0.25, -0.2) is 4.39 Å². The summed E-state index contributed by atoms with van der Waals surface area (Å²) in [5, 5.41) is 11.3. The fourth-order valence-corrected chi connectivity index (χ4v) is 1.67. The monoisotopic (exact) mass is 281 g/mol. The molecule has 0 spiro atoms. The van der Waals surface area contributed by atoms with Crippen molar-refractivity contribution in [2.75, 3.05) is 25.2 Å². The van der Waals surface area contributed by atoms with Crippen molar-refractivity contribution in [3.8, 4) is 11.8 Å². The van der Waals surface area contributed by atoms with Gasteiger partial charge in [-0.3, -0.25) is 4.79 Å². The standard InChI is InChI=1S/C14H16FNO2S/c1-19-9-7-16-14(18)12-10-11(4-2-3-8-17)5-6-13(12)15/h5-6,10,17H,3,7-9H2,1H3,(H,16,18). The third kappa shape index (κ3) is 5.33. The molecule has 19 heavy (non-hydrogen) atoms. The van der Waals surface area contributed by atoms with Gasteiger partial charge in [0.15, 0.2) is 0 Å². The van der Waals surface area contributed by atoms with Crippen LogP contribution in [0.2, 0.25) is 0 Å². The molecule has 0 heterocycles. The van der Waals surface area contributed by atoms with Gasteiger partial charge in [0, 0.05) is 24.3 Å². The van der Waals surface area contributed by atoms with Crippen LogP contribution in [0.25, 0.3) is 0 Å². The van der Waals surface area contributed by atoms with E-state index in [-0.39, 0.29) is 12.2 Å². The lowest BCUT2D eigenvalue weighted by molar-refractivity contribution is 0.0952. The summed E-state index contributed by atoms with van der Waals surface area (Å²) in [5.41, 5.74) is 0.557. The summed E-state index contributed by atoms with van der Waals surface area (Å²) in [6, 6.07) is 4.17. The maximum Gasteiger partial charge on any atom is 0.254 e. The molecule has 1 amide bonds. The molecule has 5 heteroatoms. The Labute approximate surface area is 116 Å². The molecular formula is C14H16FNO2S. The first-order valence-electron chi connectivity index (χ1n) is 5.85. The van der Waals surface area contributed by atoms with Gasteiger partial charge in [-0.15, -0.1) is 0 Å². The summed E-state index contributed by atoms with van der Waals surface area (Å²) >= 11 is 1.61. The van der Waals surface area contributed by atoms with E-state index in [0.29, 0.717) is 18.5 Å². The Hall–Kier alpha value is -1.51. The number of aliphatic hydroxyl groups is 1. The summed E-state index contributed by atoms with van der Waals surface area (Å²) in [7, 11) is 0. The molecule has 0 saturated heterocycles. The molecule has 0 radical (unpaired) electrons. The maximum absolute atomic E-state index is 13.6. The van der Waals surface area contributed by atoms with Crippen LogP contribution in [0.1, 0.15) is 22.3 Å². The van der Waals surface area contributed by atoms with Crippen molar-refractivity contribution >= 4 is 17.7 Å². The molecular weight excluding hydrogens is 265 g/mol. The maximum atomic E-state index is 13.6. The van der Waals surface area contributed by atoms with Crippen LogP contribution in [0, 0.1) is 17.7 Å². The van der Waals surface area contributed by atoms with E-state index < -0.39 is 11.7 Å². The summed E-state index contributed by atoms with van der Waals surface area (Å²) in [6.45, 7) is 0.482. The molecule has 0 atom stereocenters. The number of carbonyl (C=O) groups is 1. The molecule has 0 aliphatic rings. The van der Waals surface area contributed by atoms with E-state index in [1.807, 2.05) is 6.26 Å². The number of hydrogen-bond donors (Lipinski definition) is 2. The second kappa shape index (κ2) is 8.57. The zero-order valence-corrected chi connectivity index (χ0v) is 11.5. The number of aliphatic hydroxyl groups excluding tert-OH is 1. The van der Waals surface area contributed by atoms with Gasteiger partial charge in [0.1, 0.15) is 5.82 Å². The average Bonchev–Trinajstić information content (AvgIpc) is 2.41. The first-order valence-corrected chi connectivity index (χ1v) is 7.25. The number of halogens is 1. The summed E-state index contributed by atoms with van der Waals surface area (Å²) < 4.78 is 13.6. The van der Waals surface area contributed by atoms with Crippen molar-refractivity contribution in [2.24, 2.45) is 0 Å². The number of nitrogens with one attached hydrogen (secondary N) is 1. The minimum atomic E-state index is -0.561. The molecule has 1 rings (SSSR count). The Balaban J connectivity index is 2.79. The van der Waals surface area contributed by atoms with Crippen molar-refractivity contribution in [1.82, 2.24) is 5.32 Å². The molecule has 0 aliphatic carbocycles. The number of rotatable bonds is 5. The van der Waals surface area contributed by atoms with Gasteiger partial charge in [-0.2, -0.15) is 11.8 Å². The molecule has 1 aromatic carbocycles. The quantitative estimate of drug-likeness (QED) is 0.637. The summed E-state index contributed by atoms with van der Waals surface area (Å²) in [5.74, 6) is 5.29. The Morgan fingerprint density at radius 2 is 2.32 bits per heavy atom. The molecule has 102 valence electrons. The Bertz CT molecular complexity index is 494. The second-order valence-electron chi connectivity index (χ2n) is 3.72. The van der Waals surface area contributed by atoms with Crippen LogP contribution >= 0.6 is 11.8 Å². The topological polar surface area (TPSA) is 49.3 Å². The Morgan fingerprint density at radius 3 is 3.00 bits per heavy atom. The molecule has 0 aliphatic heterocycles. The normalized spacial score (nSPS) is 9.63. The van der Waals surface area contributed by atoms with Gasteiger partial charge in [0.25, 0.3) is 5.91 Å². The highest BCUT2D eigenvalue weighted by molar-refractivity contribution is 7.98. The summed E-state index contributed by atoms with van der Waals surface area (Å²) in [4.78, 5) is 11.8. The number of hydrogen-bond acceptors (Lipinski definition) is 3. The van der Waals surface area contributed by atoms with Crippen LogP contribution in [-0.2, 0) is 0 Å². The van der Waals surface area contributed by atoms with E-state index in [2.05, 4.69) is 17.2 Å². The van der Waals surface area contributed by atoms with E-state index in [4.69, 9.17) is 5.11 Å². The Morgan fingerprint density at radius 1 is 1.53 bits per heavy atom. The largest absolute Gasteiger partial charge is 0.395 e. The molecule has 1 aromatic rings. The predicted molar refractivity (Wildman–Crippen MR) is 75.7 cm³/mol. The van der Waals surface area contributed by atoms with Crippen LogP contribution in [0.5, 0.6) is 0 Å². The molecule has 0 unspecified atom stereocenters. The van der Waals surface area contributed by atoms with Gasteiger partial charge in [0.05, 0.1) is 12.2 Å². The lowest BCUT2D eigenvalue weighted by Crippen LogP contribution is -2.26. The molecule has 0 fully saturated rings. The first-order chi connectivity index (χ1) is 9.19. The fourth-order valence-electron chi connectivity index (χ4n) is 1.36. The van der Waals surface area contributed by atoms with Gasteiger partial charge in [0.2, 0.25) is 0 Å². The SMILES string of the molecule is CSCCNC(=O)c1cc(C#CCCO)ccc1F. The molecule has 2 N–H and O–H groups in total. The van der Waals surface area contributed by atoms with Crippen molar-refractivity contribution in [1.29, 1.82) is 0 Å². The lowest BCUT2D eigenvalue weighted by Gasteiger charge is -2.05. The first kappa shape index (κ1) is 15.5. The number of benzene rings is 1. The van der Waals surface area contributed by atoms with Gasteiger partial charge in [-0.1, -0.05) is 11.8 Å². The number of amides is 1. The van der Waals surface area contributed by atoms with Crippen LogP contribution in [-0.4, -0.2) is 36.2 Å². The van der Waals surface area contributed by atoms with Gasteiger partial charge >= 0.3 is 0 Å². The lowest BCUT2D eigenvalue weighted by atomic mass is 10.1. The highest BCUT2D eigenvalue weighted by Crippen LogP contribution is 2.10. The smallest absolute Gasteiger partial charge is 0.254 e. The van der Waals surface area contributed by atoms with Gasteiger partial charge in [-0.05, 0) is 24.5 Å². The molecule has 0 bridgehead atoms. The fraction of sp³-hybridized carbons (Fsp3) is 0.357. The van der Waals surface area contributed by atoms with Crippen molar-refractivity contribution in [2.45, 2.75) is 6.42 Å². The zero-order valence-electron chi connectivity index (χ0n) is 10.7. The van der Waals surface area contributed by atoms with Crippen LogP contribution in [0.3, 0.4) is 0 Å². The second-order valence-corrected chi connectivity index (χ2v) is 4.70. The van der Waals surface area contributed by atoms with Crippen molar-refractivity contribution < 1.29 is 14.3 Å². The van der Waals surface area contributed by atoms with Crippen LogP contribution in [0.4, 0.5) is 4.39 Å². The molecule has 0 aromatic heterocycles. The average molecular weight is 281 g/mol. The number of thioether (sulfide) groups is 1. The van der Waals surface area contributed by atoms with Crippen LogP contribution in [0.15, 0.2) is 18.2 Å².